The molecular formula is C71H82N4O11S2. The van der Waals surface area contributed by atoms with Crippen molar-refractivity contribution >= 4 is 33.6 Å². The molecule has 4 aromatic carbocycles. The Morgan fingerprint density at radius 3 is 2.65 bits per heavy atom. The predicted molar refractivity (Wildman–Crippen MR) is 343 cm³/mol. The predicted octanol–water partition coefficient (Wildman–Crippen LogP) is 9.32. The summed E-state index contributed by atoms with van der Waals surface area (Å²) in [5, 5.41) is 68.5. The lowest BCUT2D eigenvalue weighted by Crippen LogP contribution is -2.52. The maximum Gasteiger partial charge on any atom is 0.302 e. The number of phenolic OH excluding ortho intramolecular Hbond substituents is 2. The summed E-state index contributed by atoms with van der Waals surface area (Å²) in [6, 6.07) is 18.1. The van der Waals surface area contributed by atoms with Crippen molar-refractivity contribution in [2.45, 2.75) is 143 Å². The quantitative estimate of drug-likeness (QED) is 0.0279. The Balaban J connectivity index is 1.11. The van der Waals surface area contributed by atoms with Crippen LogP contribution in [-0.2, 0) is 39.1 Å². The number of rotatable bonds is 12. The summed E-state index contributed by atoms with van der Waals surface area (Å²) in [4.78, 5) is 13.4. The fourth-order valence-corrected chi connectivity index (χ4v) is 19.5. The number of carbonyl (C=O) groups is 1. The SMILES string of the molecule is COC[C@H]1[C@H](CO)CNCc2c(O)c3c(c4c2[C@@H](C#CC2=C(C=CC(N)N2)C[C@H]2CC[C@]5(Cc6cc(O)cc(OCO)c6-c6ccc7c(c65)O[C@H]4[C@H]7COC(C)=O)C2)C#C[C@H]1CCCO)C=C[C@@H]1N[C@H]2CCC[C@@H](CSS[C@H](Cc4ccccc4)[C@H]1O3)C2. The lowest BCUT2D eigenvalue weighted by molar-refractivity contribution is -0.141. The van der Waals surface area contributed by atoms with Crippen LogP contribution in [0.4, 0.5) is 0 Å². The second kappa shape index (κ2) is 26.4. The number of aromatic hydroxyl groups is 2. The molecule has 6 aliphatic heterocycles. The molecule has 3 fully saturated rings. The Hall–Kier alpha value is -6.09. The summed E-state index contributed by atoms with van der Waals surface area (Å²) in [6.07, 6.45) is 16.4. The second-order valence-electron chi connectivity index (χ2n) is 25.8. The van der Waals surface area contributed by atoms with Crippen molar-refractivity contribution in [1.82, 2.24) is 16.0 Å². The molecule has 1 saturated heterocycles. The summed E-state index contributed by atoms with van der Waals surface area (Å²) in [7, 11) is 5.46. The summed E-state index contributed by atoms with van der Waals surface area (Å²) >= 11 is 0. The number of nitrogens with one attached hydrogen (secondary N) is 3. The molecule has 4 aromatic rings. The Labute approximate surface area is 524 Å². The van der Waals surface area contributed by atoms with Gasteiger partial charge in [-0.1, -0.05) is 106 Å². The van der Waals surface area contributed by atoms with E-state index in [9.17, 15) is 30.3 Å². The average molecular weight is 1230 g/mol. The zero-order valence-corrected chi connectivity index (χ0v) is 51.9. The maximum atomic E-state index is 13.8. The van der Waals surface area contributed by atoms with Gasteiger partial charge in [0.05, 0.1) is 35.7 Å². The minimum Gasteiger partial charge on any atom is -0.508 e. The van der Waals surface area contributed by atoms with Crippen LogP contribution >= 0.6 is 21.6 Å². The van der Waals surface area contributed by atoms with E-state index in [-0.39, 0.29) is 78.9 Å². The van der Waals surface area contributed by atoms with Crippen molar-refractivity contribution < 1.29 is 54.0 Å². The van der Waals surface area contributed by atoms with E-state index in [0.717, 1.165) is 77.7 Å². The molecule has 10 N–H and O–H groups in total. The molecular weight excluding hydrogens is 1150 g/mol. The van der Waals surface area contributed by atoms with Gasteiger partial charge in [0.25, 0.3) is 0 Å². The van der Waals surface area contributed by atoms with Crippen molar-refractivity contribution in [3.8, 4) is 63.6 Å². The number of fused-ring (bicyclic) bond motifs is 10. The first kappa shape index (κ1) is 60.8. The van der Waals surface area contributed by atoms with Crippen LogP contribution in [0.5, 0.6) is 28.7 Å². The van der Waals surface area contributed by atoms with Gasteiger partial charge < -0.3 is 70.9 Å². The van der Waals surface area contributed by atoms with Gasteiger partial charge in [0.2, 0.25) is 0 Å². The highest BCUT2D eigenvalue weighted by Crippen LogP contribution is 2.64. The van der Waals surface area contributed by atoms with Crippen LogP contribution in [0.2, 0.25) is 0 Å². The van der Waals surface area contributed by atoms with Gasteiger partial charge in [0.15, 0.2) is 18.3 Å². The Morgan fingerprint density at radius 1 is 0.955 bits per heavy atom. The number of aliphatic hydroxyl groups excluding tert-OH is 3. The third kappa shape index (κ3) is 12.0. The smallest absolute Gasteiger partial charge is 0.302 e. The first-order valence-electron chi connectivity index (χ1n) is 31.7. The molecule has 88 heavy (non-hydrogen) atoms. The molecule has 6 bridgehead atoms. The number of benzene rings is 4. The summed E-state index contributed by atoms with van der Waals surface area (Å²) in [6.45, 7) is 1.35. The van der Waals surface area contributed by atoms with E-state index in [1.165, 1.54) is 18.9 Å². The van der Waals surface area contributed by atoms with Gasteiger partial charge in [-0.15, -0.1) is 0 Å². The number of aliphatic hydroxyl groups is 3. The van der Waals surface area contributed by atoms with Crippen LogP contribution in [-0.4, -0.2) is 114 Å². The number of allylic oxidation sites excluding steroid dienone is 3. The fraction of sp³-hybridized carbons (Fsp3) is 0.507. The average Bonchev–Trinajstić information content (AvgIpc) is 1.46. The first-order valence-corrected chi connectivity index (χ1v) is 34.1. The van der Waals surface area contributed by atoms with Crippen LogP contribution in [0.25, 0.3) is 17.2 Å². The third-order valence-corrected chi connectivity index (χ3v) is 23.2. The van der Waals surface area contributed by atoms with E-state index in [1.807, 2.05) is 39.8 Å². The number of hydrogen-bond acceptors (Lipinski definition) is 17. The topological polar surface area (TPSA) is 226 Å². The van der Waals surface area contributed by atoms with Gasteiger partial charge in [-0.05, 0) is 128 Å². The molecule has 14 atom stereocenters. The molecule has 464 valence electrons. The van der Waals surface area contributed by atoms with Gasteiger partial charge in [-0.2, -0.15) is 0 Å². The highest BCUT2D eigenvalue weighted by molar-refractivity contribution is 8.77. The van der Waals surface area contributed by atoms with E-state index < -0.39 is 48.4 Å². The zero-order valence-electron chi connectivity index (χ0n) is 50.2. The maximum absolute atomic E-state index is 13.8. The van der Waals surface area contributed by atoms with Crippen molar-refractivity contribution in [3.05, 3.63) is 129 Å². The fourth-order valence-electron chi connectivity index (χ4n) is 16.3. The van der Waals surface area contributed by atoms with Crippen LogP contribution in [0.15, 0.2) is 84.1 Å². The molecule has 2 saturated carbocycles. The van der Waals surface area contributed by atoms with Crippen molar-refractivity contribution in [1.29, 1.82) is 0 Å². The first-order chi connectivity index (χ1) is 42.9. The largest absolute Gasteiger partial charge is 0.508 e. The van der Waals surface area contributed by atoms with Crippen LogP contribution in [0, 0.1) is 53.3 Å². The van der Waals surface area contributed by atoms with Gasteiger partial charge in [-0.25, -0.2) is 0 Å². The van der Waals surface area contributed by atoms with E-state index in [4.69, 9.17) is 29.4 Å². The normalized spacial score (nSPS) is 30.7. The minimum atomic E-state index is -0.917. The Morgan fingerprint density at radius 2 is 1.83 bits per heavy atom. The summed E-state index contributed by atoms with van der Waals surface area (Å²) in [5.41, 5.74) is 16.0. The molecule has 15 nitrogen and oxygen atoms in total. The molecule has 1 spiro atoms. The number of dihydropyridines is 1. The standard InChI is InChI=1S/C71H82N4O11S2/c1-40(79)83-37-56-51-17-18-52-62-47(29-50(80)30-59(62)84-39-78)32-71-24-23-42(31-71)26-46-16-22-61(72)75-57(46)20-15-45-14-13-44(11-7-25-76)55(36-82-2)48(35-77)33-73-34-54-63(45)64(67(56)85-68(51)65(52)71)53-19-21-58-70(86-69(53)66(54)81)60(28-41-8-4-3-5-9-41)88-87-38-43-10-6-12-49(27-43)74-58/h3-5,8-9,16-19,21-22,29-30,42-45,48-49,55-56,58,60-61,67,70,73-78,80-81H,6-7,10-12,23-28,31-39,72H2,1-2H3/t42-,43-,44-,45-,48+,49+,55-,56+,58+,60-,61?,67+,70+,71-/m1/s1. The van der Waals surface area contributed by atoms with Gasteiger partial charge >= 0.3 is 5.97 Å². The summed E-state index contributed by atoms with van der Waals surface area (Å²) in [5.74, 6) is 15.2. The van der Waals surface area contributed by atoms with Crippen molar-refractivity contribution in [3.63, 3.8) is 0 Å². The molecule has 0 radical (unpaired) electrons. The van der Waals surface area contributed by atoms with Crippen LogP contribution < -0.4 is 35.9 Å². The number of nitrogens with two attached hydrogens (primary N) is 1. The number of phenols is 2. The van der Waals surface area contributed by atoms with E-state index in [0.29, 0.717) is 96.4 Å². The highest BCUT2D eigenvalue weighted by atomic mass is 33.1. The molecule has 6 heterocycles. The van der Waals surface area contributed by atoms with Crippen molar-refractivity contribution in [2.75, 3.05) is 52.6 Å². The highest BCUT2D eigenvalue weighted by Gasteiger charge is 2.52. The summed E-state index contributed by atoms with van der Waals surface area (Å²) < 4.78 is 33.9. The minimum absolute atomic E-state index is 0.0421. The number of hydrogen-bond donors (Lipinski definition) is 9. The Bertz CT molecular complexity index is 3520. The number of esters is 1. The number of ether oxygens (including phenoxy) is 5. The van der Waals surface area contributed by atoms with Crippen molar-refractivity contribution in [2.24, 2.45) is 35.3 Å². The van der Waals surface area contributed by atoms with E-state index >= 15 is 0 Å². The number of carbonyl (C=O) groups excluding carboxylic acids is 1. The third-order valence-electron chi connectivity index (χ3n) is 20.2. The van der Waals surface area contributed by atoms with Gasteiger partial charge in [0.1, 0.15) is 42.0 Å². The van der Waals surface area contributed by atoms with Gasteiger partial charge in [-0.3, -0.25) is 4.79 Å². The number of methoxy groups -OCH3 is 1. The molecule has 17 heteroatoms. The molecule has 13 rings (SSSR count). The Kier molecular flexibility index (Phi) is 18.2. The lowest BCUT2D eigenvalue weighted by Gasteiger charge is -2.39. The van der Waals surface area contributed by atoms with Crippen LogP contribution in [0.3, 0.4) is 0 Å². The van der Waals surface area contributed by atoms with Crippen LogP contribution in [0.1, 0.15) is 134 Å². The van der Waals surface area contributed by atoms with E-state index in [1.54, 1.807) is 13.2 Å². The molecule has 0 amide bonds. The second-order valence-corrected chi connectivity index (χ2v) is 28.5. The molecule has 9 aliphatic rings. The molecule has 3 aliphatic carbocycles. The van der Waals surface area contributed by atoms with Gasteiger partial charge in [0, 0.05) is 115 Å². The van der Waals surface area contributed by atoms with E-state index in [2.05, 4.69) is 94.3 Å². The molecule has 1 unspecified atom stereocenters. The monoisotopic (exact) mass is 1230 g/mol. The zero-order chi connectivity index (χ0) is 60.6. The molecule has 0 aromatic heterocycles. The lowest BCUT2D eigenvalue weighted by atomic mass is 9.65.